The number of nitrogens with one attached hydrogen (secondary N) is 3. The predicted octanol–water partition coefficient (Wildman–Crippen LogP) is 5.75. The molecule has 0 spiro atoms. The van der Waals surface area contributed by atoms with Crippen molar-refractivity contribution in [1.82, 2.24) is 15.5 Å². The monoisotopic (exact) mass is 918 g/mol. The highest BCUT2D eigenvalue weighted by Gasteiger charge is 2.53. The predicted molar refractivity (Wildman–Crippen MR) is 234 cm³/mol. The molecule has 344 valence electrons. The molecule has 4 aliphatic rings. The van der Waals surface area contributed by atoms with Crippen molar-refractivity contribution in [1.29, 1.82) is 5.26 Å². The molecule has 4 aliphatic heterocycles. The van der Waals surface area contributed by atoms with E-state index >= 15 is 0 Å². The third kappa shape index (κ3) is 9.92. The maximum Gasteiger partial charge on any atom is 0.417 e. The van der Waals surface area contributed by atoms with Gasteiger partial charge in [-0.1, -0.05) is 30.0 Å². The highest BCUT2D eigenvalue weighted by atomic mass is 32.2. The zero-order valence-corrected chi connectivity index (χ0v) is 36.9. The van der Waals surface area contributed by atoms with Crippen molar-refractivity contribution >= 4 is 57.5 Å². The van der Waals surface area contributed by atoms with Crippen LogP contribution in [0.25, 0.3) is 5.57 Å². The Morgan fingerprint density at radius 3 is 2.29 bits per heavy atom. The number of carbonyl (C=O) groups excluding carboxylic acids is 5. The number of hydrogen-bond acceptors (Lipinski definition) is 14. The Morgan fingerprint density at radius 2 is 1.60 bits per heavy atom. The zero-order chi connectivity index (χ0) is 46.5. The van der Waals surface area contributed by atoms with Gasteiger partial charge in [-0.15, -0.1) is 0 Å². The molecule has 2 saturated heterocycles. The summed E-state index contributed by atoms with van der Waals surface area (Å²) in [6.07, 6.45) is -4.55. The number of allylic oxidation sites excluding steroid dienone is 1. The maximum atomic E-state index is 13.8. The van der Waals surface area contributed by atoms with Crippen molar-refractivity contribution < 1.29 is 56.1 Å². The fourth-order valence-corrected chi connectivity index (χ4v) is 9.61. The summed E-state index contributed by atoms with van der Waals surface area (Å²) >= 11 is 1.10. The largest absolute Gasteiger partial charge is 0.494 e. The smallest absolute Gasteiger partial charge is 0.417 e. The molecule has 0 radical (unpaired) electrons. The molecule has 65 heavy (non-hydrogen) atoms. The summed E-state index contributed by atoms with van der Waals surface area (Å²) in [5.74, 6) is -1.67. The SMILES string of the molecule is CC1(C)C(=O)SC(C2NCCN2c2ccc(C#N)c(C(F)(F)F)c2)=C1c1ccc(OCCCOCCOCCOCCNc2cccc3c2C(=O)N(C2(C)CCC(=O)NC2=O)C3=O)cc1. The topological polar surface area (TPSA) is 189 Å². The first-order valence-electron chi connectivity index (χ1n) is 21.2. The molecule has 7 rings (SSSR count). The minimum absolute atomic E-state index is 0.0222. The lowest BCUT2D eigenvalue weighted by molar-refractivity contribution is -0.141. The van der Waals surface area contributed by atoms with Crippen molar-refractivity contribution in [3.63, 3.8) is 0 Å². The van der Waals surface area contributed by atoms with E-state index in [0.29, 0.717) is 89.4 Å². The molecule has 0 bridgehead atoms. The van der Waals surface area contributed by atoms with Crippen molar-refractivity contribution in [2.45, 2.75) is 57.9 Å². The molecule has 3 aromatic carbocycles. The molecule has 2 fully saturated rings. The van der Waals surface area contributed by atoms with Gasteiger partial charge in [0.25, 0.3) is 17.7 Å². The zero-order valence-electron chi connectivity index (χ0n) is 36.1. The van der Waals surface area contributed by atoms with E-state index in [4.69, 9.17) is 18.9 Å². The average Bonchev–Trinajstić information content (AvgIpc) is 3.94. The van der Waals surface area contributed by atoms with Crippen LogP contribution in [0.15, 0.2) is 65.6 Å². The Morgan fingerprint density at radius 1 is 0.892 bits per heavy atom. The van der Waals surface area contributed by atoms with Crippen molar-refractivity contribution in [3.8, 4) is 11.8 Å². The van der Waals surface area contributed by atoms with Crippen LogP contribution < -0.4 is 25.6 Å². The van der Waals surface area contributed by atoms with Crippen LogP contribution in [0.5, 0.6) is 5.75 Å². The summed E-state index contributed by atoms with van der Waals surface area (Å²) in [4.78, 5) is 67.8. The fraction of sp³-hybridized carbons (Fsp3) is 0.435. The fourth-order valence-electron chi connectivity index (χ4n) is 8.26. The molecular formula is C46H49F3N6O9S. The Balaban J connectivity index is 0.795. The van der Waals surface area contributed by atoms with Gasteiger partial charge in [0.05, 0.1) is 73.4 Å². The van der Waals surface area contributed by atoms with E-state index in [1.807, 2.05) is 38.1 Å². The number of thioether (sulfide) groups is 1. The lowest BCUT2D eigenvalue weighted by Gasteiger charge is -2.38. The number of halogens is 3. The van der Waals surface area contributed by atoms with E-state index in [1.165, 1.54) is 25.1 Å². The number of alkyl halides is 3. The van der Waals surface area contributed by atoms with Gasteiger partial charge in [-0.05, 0) is 80.8 Å². The molecule has 4 heterocycles. The number of anilines is 2. The number of rotatable bonds is 19. The van der Waals surface area contributed by atoms with Crippen LogP contribution in [0.4, 0.5) is 24.5 Å². The Hall–Kier alpha value is -5.78. The molecule has 2 unspecified atom stereocenters. The van der Waals surface area contributed by atoms with Gasteiger partial charge < -0.3 is 29.2 Å². The number of fused-ring (bicyclic) bond motifs is 1. The number of nitrogens with zero attached hydrogens (tertiary/aromatic N) is 3. The second-order valence-corrected chi connectivity index (χ2v) is 17.5. The van der Waals surface area contributed by atoms with E-state index in [-0.39, 0.29) is 29.1 Å². The van der Waals surface area contributed by atoms with Crippen LogP contribution in [0.1, 0.15) is 77.4 Å². The number of nitriles is 1. The maximum absolute atomic E-state index is 13.8. The third-order valence-electron chi connectivity index (χ3n) is 11.7. The molecule has 15 nitrogen and oxygen atoms in total. The highest BCUT2D eigenvalue weighted by molar-refractivity contribution is 8.17. The quantitative estimate of drug-likeness (QED) is 0.0975. The van der Waals surface area contributed by atoms with E-state index in [0.717, 1.165) is 38.8 Å². The van der Waals surface area contributed by atoms with Gasteiger partial charge in [0.1, 0.15) is 17.5 Å². The minimum Gasteiger partial charge on any atom is -0.494 e. The number of hydrogen-bond donors (Lipinski definition) is 3. The van der Waals surface area contributed by atoms with Crippen molar-refractivity contribution in [2.24, 2.45) is 5.41 Å². The third-order valence-corrected chi connectivity index (χ3v) is 13.1. The summed E-state index contributed by atoms with van der Waals surface area (Å²) in [6, 6.07) is 17.6. The molecule has 0 aliphatic carbocycles. The van der Waals surface area contributed by atoms with E-state index in [2.05, 4.69) is 16.0 Å². The molecule has 3 aromatic rings. The molecule has 4 amide bonds. The lowest BCUT2D eigenvalue weighted by Crippen LogP contribution is -2.62. The highest BCUT2D eigenvalue weighted by Crippen LogP contribution is 2.53. The van der Waals surface area contributed by atoms with Gasteiger partial charge in [0.15, 0.2) is 0 Å². The van der Waals surface area contributed by atoms with Crippen LogP contribution in [0, 0.1) is 16.7 Å². The molecule has 0 saturated carbocycles. The Bertz CT molecular complexity index is 2420. The lowest BCUT2D eigenvalue weighted by atomic mass is 9.81. The number of imide groups is 2. The van der Waals surface area contributed by atoms with Crippen molar-refractivity contribution in [3.05, 3.63) is 93.4 Å². The molecule has 3 N–H and O–H groups in total. The number of benzene rings is 3. The molecular weight excluding hydrogens is 870 g/mol. The second kappa shape index (κ2) is 19.8. The normalized spacial score (nSPS) is 20.7. The first-order chi connectivity index (χ1) is 31.1. The van der Waals surface area contributed by atoms with Crippen molar-refractivity contribution in [2.75, 3.05) is 76.1 Å². The van der Waals surface area contributed by atoms with Gasteiger partial charge in [-0.25, -0.2) is 0 Å². The van der Waals surface area contributed by atoms with Crippen LogP contribution in [0.3, 0.4) is 0 Å². The number of amides is 4. The standard InChI is InChI=1S/C46H49F3N6O9S/c1-44(2)37(38(65-43(44)60)39-52-16-18-54(39)30-11-8-29(27-50)33(26-30)46(47,48)49)28-9-12-31(13-10-28)64-20-5-19-61-22-24-63-25-23-62-21-17-51-34-7-4-6-32-36(34)41(58)55(40(32)57)45(3)15-14-35(56)53-42(45)59/h4,6-13,26,39,51-52H,5,14-25H2,1-3H3,(H,53,56,59). The van der Waals surface area contributed by atoms with Gasteiger partial charge in [-0.2, -0.15) is 18.4 Å². The number of ether oxygens (including phenoxy) is 4. The average molecular weight is 919 g/mol. The van der Waals surface area contributed by atoms with Crippen LogP contribution in [0.2, 0.25) is 0 Å². The van der Waals surface area contributed by atoms with Crippen LogP contribution >= 0.6 is 11.8 Å². The summed E-state index contributed by atoms with van der Waals surface area (Å²) in [6.45, 7) is 8.96. The Labute approximate surface area is 377 Å². The molecule has 19 heteroatoms. The number of carbonyl (C=O) groups is 5. The summed E-state index contributed by atoms with van der Waals surface area (Å²) in [7, 11) is 0. The van der Waals surface area contributed by atoms with Gasteiger partial charge in [0.2, 0.25) is 11.0 Å². The number of piperidine rings is 1. The van der Waals surface area contributed by atoms with E-state index in [9.17, 15) is 42.4 Å². The van der Waals surface area contributed by atoms with Gasteiger partial charge in [0, 0.05) is 55.4 Å². The van der Waals surface area contributed by atoms with Crippen LogP contribution in [-0.4, -0.2) is 111 Å². The first-order valence-corrected chi connectivity index (χ1v) is 22.0. The molecule has 2 atom stereocenters. The van der Waals surface area contributed by atoms with E-state index in [1.54, 1.807) is 23.1 Å². The minimum atomic E-state index is -4.70. The van der Waals surface area contributed by atoms with Gasteiger partial charge >= 0.3 is 6.18 Å². The van der Waals surface area contributed by atoms with E-state index < -0.39 is 58.1 Å². The van der Waals surface area contributed by atoms with Gasteiger partial charge in [-0.3, -0.25) is 39.5 Å². The summed E-state index contributed by atoms with van der Waals surface area (Å²) in [5, 5.41) is 17.9. The summed E-state index contributed by atoms with van der Waals surface area (Å²) in [5.41, 5.74) is -1.09. The molecule has 0 aromatic heterocycles. The van der Waals surface area contributed by atoms with Crippen LogP contribution in [-0.2, 0) is 34.8 Å². The first kappa shape index (κ1) is 47.2. The second-order valence-electron chi connectivity index (χ2n) is 16.5. The Kier molecular flexibility index (Phi) is 14.3. The summed E-state index contributed by atoms with van der Waals surface area (Å²) < 4.78 is 64.3.